The highest BCUT2D eigenvalue weighted by atomic mass is 16.6. The highest BCUT2D eigenvalue weighted by molar-refractivity contribution is 5.89. The van der Waals surface area contributed by atoms with Crippen LogP contribution in [0.1, 0.15) is 37.6 Å². The molecule has 1 aromatic rings. The number of non-ortho nitro benzene ring substituents is 1. The van der Waals surface area contributed by atoms with Gasteiger partial charge in [0.2, 0.25) is 0 Å². The molecule has 1 atom stereocenters. The van der Waals surface area contributed by atoms with Gasteiger partial charge in [-0.05, 0) is 26.0 Å². The van der Waals surface area contributed by atoms with Gasteiger partial charge in [-0.25, -0.2) is 4.79 Å². The lowest BCUT2D eigenvalue weighted by Crippen LogP contribution is -2.41. The molecule has 21 heavy (non-hydrogen) atoms. The van der Waals surface area contributed by atoms with E-state index in [-0.39, 0.29) is 11.3 Å². The first kappa shape index (κ1) is 14.9. The third-order valence-electron chi connectivity index (χ3n) is 3.23. The lowest BCUT2D eigenvalue weighted by atomic mass is 9.97. The molecular weight excluding hydrogens is 278 g/mol. The largest absolute Gasteiger partial charge is 0.391 e. The van der Waals surface area contributed by atoms with Gasteiger partial charge in [-0.3, -0.25) is 10.1 Å². The van der Waals surface area contributed by atoms with Crippen molar-refractivity contribution in [3.8, 4) is 0 Å². The second-order valence-electron chi connectivity index (χ2n) is 5.84. The monoisotopic (exact) mass is 294 g/mol. The molecule has 0 spiro atoms. The third kappa shape index (κ3) is 2.99. The summed E-state index contributed by atoms with van der Waals surface area (Å²) >= 11 is 0. The summed E-state index contributed by atoms with van der Waals surface area (Å²) in [6, 6.07) is 5.02. The Hall–Kier alpha value is -2.51. The molecule has 0 aliphatic carbocycles. The molecule has 8 nitrogen and oxygen atoms in total. The summed E-state index contributed by atoms with van der Waals surface area (Å²) in [5, 5.41) is 10.6. The van der Waals surface area contributed by atoms with Crippen molar-refractivity contribution >= 4 is 11.7 Å². The van der Waals surface area contributed by atoms with E-state index >= 15 is 0 Å². The van der Waals surface area contributed by atoms with Gasteiger partial charge >= 0.3 is 11.7 Å². The van der Waals surface area contributed by atoms with E-state index in [1.807, 2.05) is 13.8 Å². The molecule has 1 heterocycles. The first-order chi connectivity index (χ1) is 9.63. The lowest BCUT2D eigenvalue weighted by Gasteiger charge is -2.15. The predicted molar refractivity (Wildman–Crippen MR) is 72.4 cm³/mol. The number of hydrazine groups is 1. The Bertz CT molecular complexity index is 611. The Balaban J connectivity index is 2.14. The number of nitro benzene ring substituents is 1. The summed E-state index contributed by atoms with van der Waals surface area (Å²) in [6.45, 7) is 5.16. The van der Waals surface area contributed by atoms with Crippen molar-refractivity contribution in [3.63, 3.8) is 0 Å². The van der Waals surface area contributed by atoms with Crippen molar-refractivity contribution in [3.05, 3.63) is 44.9 Å². The van der Waals surface area contributed by atoms with Gasteiger partial charge in [0.1, 0.15) is 5.54 Å². The minimum atomic E-state index is -1.32. The Labute approximate surface area is 120 Å². The Morgan fingerprint density at radius 1 is 1.33 bits per heavy atom. The zero-order valence-electron chi connectivity index (χ0n) is 12.0. The van der Waals surface area contributed by atoms with Crippen LogP contribution in [0.3, 0.4) is 0 Å². The fourth-order valence-electron chi connectivity index (χ4n) is 2.38. The van der Waals surface area contributed by atoms with E-state index in [1.54, 1.807) is 0 Å². The molecule has 8 heteroatoms. The number of esters is 1. The van der Waals surface area contributed by atoms with Crippen LogP contribution in [-0.4, -0.2) is 27.0 Å². The van der Waals surface area contributed by atoms with E-state index in [2.05, 4.69) is 5.43 Å². The zero-order chi connectivity index (χ0) is 15.8. The fourth-order valence-corrected chi connectivity index (χ4v) is 2.38. The molecule has 0 amide bonds. The molecule has 1 aromatic carbocycles. The molecule has 2 rings (SSSR count). The molecule has 0 saturated carbocycles. The number of hydrogen-bond donors (Lipinski definition) is 1. The number of nitrogens with one attached hydrogen (secondary N) is 1. The van der Waals surface area contributed by atoms with Gasteiger partial charge in [-0.2, -0.15) is 0 Å². The van der Waals surface area contributed by atoms with Crippen LogP contribution in [0.2, 0.25) is 0 Å². The van der Waals surface area contributed by atoms with Crippen molar-refractivity contribution in [2.75, 3.05) is 0 Å². The molecule has 1 aliphatic rings. The first-order valence-electron chi connectivity index (χ1n) is 6.36. The summed E-state index contributed by atoms with van der Waals surface area (Å²) in [6.07, 6.45) is 0.322. The highest BCUT2D eigenvalue weighted by Gasteiger charge is 2.58. The lowest BCUT2D eigenvalue weighted by molar-refractivity contribution is -0.693. The molecule has 0 bridgehead atoms. The maximum absolute atomic E-state index is 12.1. The van der Waals surface area contributed by atoms with Crippen LogP contribution < -0.4 is 5.43 Å². The average molecular weight is 294 g/mol. The number of carbonyl (C=O) groups is 1. The topological polar surface area (TPSA) is 102 Å². The number of hydrogen-bond acceptors (Lipinski definition) is 5. The van der Waals surface area contributed by atoms with E-state index in [4.69, 9.17) is 4.74 Å². The predicted octanol–water partition coefficient (Wildman–Crippen LogP) is 1.93. The second kappa shape index (κ2) is 4.80. The SMILES string of the molecule is CC1(C)C[C@](C)(OC(=O)c2ccc([N+](=O)[O-])cc2)[N+](=O)N1. The van der Waals surface area contributed by atoms with Crippen LogP contribution in [0.25, 0.3) is 0 Å². The van der Waals surface area contributed by atoms with Crippen LogP contribution in [-0.2, 0) is 4.74 Å². The summed E-state index contributed by atoms with van der Waals surface area (Å²) in [5.74, 6) is -0.701. The molecular formula is C13H16N3O5+. The smallest absolute Gasteiger partial charge is 0.384 e. The van der Waals surface area contributed by atoms with Gasteiger partial charge in [0.25, 0.3) is 5.69 Å². The Morgan fingerprint density at radius 2 is 1.90 bits per heavy atom. The minimum Gasteiger partial charge on any atom is -0.391 e. The van der Waals surface area contributed by atoms with Crippen LogP contribution in [0, 0.1) is 15.0 Å². The minimum absolute atomic E-state index is 0.119. The van der Waals surface area contributed by atoms with E-state index in [0.29, 0.717) is 11.3 Å². The van der Waals surface area contributed by atoms with Gasteiger partial charge in [0.05, 0.1) is 21.8 Å². The number of carbonyl (C=O) groups excluding carboxylic acids is 1. The molecule has 0 unspecified atom stereocenters. The average Bonchev–Trinajstić information content (AvgIpc) is 2.57. The van der Waals surface area contributed by atoms with Gasteiger partial charge in [0.15, 0.2) is 4.87 Å². The molecule has 1 saturated heterocycles. The second-order valence-corrected chi connectivity index (χ2v) is 5.84. The van der Waals surface area contributed by atoms with Gasteiger partial charge in [-0.15, -0.1) is 5.43 Å². The molecule has 112 valence electrons. The normalized spacial score (nSPS) is 23.5. The molecule has 1 fully saturated rings. The quantitative estimate of drug-likeness (QED) is 0.395. The van der Waals surface area contributed by atoms with Gasteiger partial charge in [0, 0.05) is 19.1 Å². The molecule has 0 aromatic heterocycles. The maximum Gasteiger partial charge on any atom is 0.384 e. The maximum atomic E-state index is 12.1. The van der Waals surface area contributed by atoms with E-state index in [9.17, 15) is 19.8 Å². The summed E-state index contributed by atoms with van der Waals surface area (Å²) < 4.78 is 5.28. The van der Waals surface area contributed by atoms with Crippen LogP contribution in [0.15, 0.2) is 24.3 Å². The van der Waals surface area contributed by atoms with Crippen LogP contribution in [0.4, 0.5) is 5.69 Å². The number of rotatable bonds is 3. The van der Waals surface area contributed by atoms with E-state index < -0.39 is 22.2 Å². The number of ether oxygens (including phenoxy) is 1. The fraction of sp³-hybridized carbons (Fsp3) is 0.462. The molecule has 0 radical (unpaired) electrons. The standard InChI is InChI=1S/C13H16N3O5/c1-12(2)8-13(3,16(20)14-12)21-11(17)9-4-6-10(7-5-9)15(18)19/h4-7H,8H2,1-3H3,(H,14,20)/q+1/t13-/m0/s1. The van der Waals surface area contributed by atoms with Crippen molar-refractivity contribution in [2.45, 2.75) is 38.5 Å². The van der Waals surface area contributed by atoms with Crippen LogP contribution >= 0.6 is 0 Å². The highest BCUT2D eigenvalue weighted by Crippen LogP contribution is 2.31. The Morgan fingerprint density at radius 3 is 2.33 bits per heavy atom. The number of nitrogens with zero attached hydrogens (tertiary/aromatic N) is 2. The van der Waals surface area contributed by atoms with E-state index in [1.165, 1.54) is 31.2 Å². The van der Waals surface area contributed by atoms with E-state index in [0.717, 1.165) is 0 Å². The molecule has 1 N–H and O–H groups in total. The van der Waals surface area contributed by atoms with Crippen LogP contribution in [0.5, 0.6) is 0 Å². The van der Waals surface area contributed by atoms with Gasteiger partial charge in [-0.1, -0.05) is 0 Å². The van der Waals surface area contributed by atoms with Gasteiger partial charge < -0.3 is 4.74 Å². The summed E-state index contributed by atoms with van der Waals surface area (Å²) in [5.41, 5.74) is 0.913. The Kier molecular flexibility index (Phi) is 3.40. The van der Waals surface area contributed by atoms with Crippen molar-refractivity contribution in [2.24, 2.45) is 0 Å². The first-order valence-corrected chi connectivity index (χ1v) is 6.36. The van der Waals surface area contributed by atoms with Crippen molar-refractivity contribution in [1.29, 1.82) is 0 Å². The summed E-state index contributed by atoms with van der Waals surface area (Å²) in [7, 11) is 0. The number of nitro groups is 1. The molecule has 1 aliphatic heterocycles. The van der Waals surface area contributed by atoms with Crippen molar-refractivity contribution in [1.82, 2.24) is 5.43 Å². The zero-order valence-corrected chi connectivity index (χ0v) is 12.0. The number of nitroso groups, excluding NO2 is 1. The third-order valence-corrected chi connectivity index (χ3v) is 3.23. The van der Waals surface area contributed by atoms with Crippen molar-refractivity contribution < 1.29 is 19.3 Å². The number of benzene rings is 1. The summed E-state index contributed by atoms with van der Waals surface area (Å²) in [4.78, 5) is 34.4.